The van der Waals surface area contributed by atoms with Gasteiger partial charge in [0, 0.05) is 6.54 Å². The van der Waals surface area contributed by atoms with Gasteiger partial charge in [0.05, 0.1) is 21.1 Å². The molecule has 0 atom stereocenters. The zero-order valence-electron chi connectivity index (χ0n) is 11.9. The van der Waals surface area contributed by atoms with E-state index in [0.29, 0.717) is 27.6 Å². The number of halogens is 2. The predicted octanol–water partition coefficient (Wildman–Crippen LogP) is 2.55. The summed E-state index contributed by atoms with van der Waals surface area (Å²) in [5.41, 5.74) is 0.0319. The third-order valence-electron chi connectivity index (χ3n) is 3.20. The fraction of sp³-hybridized carbons (Fsp3) is 0.286. The monoisotopic (exact) mass is 338 g/mol. The molecule has 0 unspecified atom stereocenters. The highest BCUT2D eigenvalue weighted by molar-refractivity contribution is 6.42. The number of nitrogens with one attached hydrogen (secondary N) is 1. The third kappa shape index (κ3) is 2.48. The molecule has 1 aromatic carbocycles. The first-order chi connectivity index (χ1) is 10.4. The summed E-state index contributed by atoms with van der Waals surface area (Å²) < 4.78 is 1.78. The highest BCUT2D eigenvalue weighted by Gasteiger charge is 2.20. The summed E-state index contributed by atoms with van der Waals surface area (Å²) in [6.07, 6.45) is 0. The largest absolute Gasteiger partial charge is 0.349 e. The van der Waals surface area contributed by atoms with Crippen molar-refractivity contribution in [1.82, 2.24) is 19.5 Å². The Bertz CT molecular complexity index is 962. The van der Waals surface area contributed by atoms with Crippen LogP contribution in [0.1, 0.15) is 13.8 Å². The highest BCUT2D eigenvalue weighted by atomic mass is 35.5. The van der Waals surface area contributed by atoms with Crippen molar-refractivity contribution in [3.05, 3.63) is 43.0 Å². The first-order valence-electron chi connectivity index (χ1n) is 6.66. The lowest BCUT2D eigenvalue weighted by Gasteiger charge is -2.18. The van der Waals surface area contributed by atoms with Gasteiger partial charge in [-0.15, -0.1) is 0 Å². The lowest BCUT2D eigenvalue weighted by Crippen LogP contribution is -2.29. The Hall–Kier alpha value is -1.92. The van der Waals surface area contributed by atoms with Crippen molar-refractivity contribution < 1.29 is 0 Å². The average molecular weight is 339 g/mol. The molecule has 0 bridgehead atoms. The van der Waals surface area contributed by atoms with Crippen LogP contribution in [0, 0.1) is 5.92 Å². The highest BCUT2D eigenvalue weighted by Crippen LogP contribution is 2.29. The van der Waals surface area contributed by atoms with Crippen LogP contribution in [0.3, 0.4) is 0 Å². The number of rotatable bonds is 2. The zero-order chi connectivity index (χ0) is 16.0. The van der Waals surface area contributed by atoms with Gasteiger partial charge >= 0.3 is 5.69 Å². The molecule has 8 heteroatoms. The Labute approximate surface area is 135 Å². The number of H-pyrrole nitrogens is 1. The predicted molar refractivity (Wildman–Crippen MR) is 85.9 cm³/mol. The van der Waals surface area contributed by atoms with Crippen LogP contribution < -0.4 is 11.2 Å². The molecule has 0 aromatic heterocycles. The number of aromatic nitrogens is 4. The molecule has 0 fully saturated rings. The van der Waals surface area contributed by atoms with Gasteiger partial charge in [0.2, 0.25) is 0 Å². The average Bonchev–Trinajstić information content (AvgIpc) is 2.41. The minimum atomic E-state index is -0.698. The van der Waals surface area contributed by atoms with Crippen LogP contribution in [0.4, 0.5) is 0 Å². The van der Waals surface area contributed by atoms with Crippen LogP contribution in [0.15, 0.2) is 21.7 Å². The normalized spacial score (nSPS) is 11.7. The second kappa shape index (κ2) is 5.37. The second-order valence-corrected chi connectivity index (χ2v) is 6.23. The van der Waals surface area contributed by atoms with E-state index in [9.17, 15) is 9.59 Å². The molecule has 6 nitrogen and oxygen atoms in total. The molecule has 2 heterocycles. The zero-order valence-corrected chi connectivity index (χ0v) is 13.4. The molecule has 0 saturated carbocycles. The quantitative estimate of drug-likeness (QED) is 0.728. The van der Waals surface area contributed by atoms with E-state index >= 15 is 0 Å². The Morgan fingerprint density at radius 2 is 1.86 bits per heavy atom. The molecule has 0 saturated heterocycles. The van der Waals surface area contributed by atoms with E-state index in [1.807, 2.05) is 13.8 Å². The second-order valence-electron chi connectivity index (χ2n) is 5.41. The molecule has 0 spiro atoms. The van der Waals surface area contributed by atoms with Crippen molar-refractivity contribution in [2.45, 2.75) is 20.4 Å². The van der Waals surface area contributed by atoms with Gasteiger partial charge in [-0.2, -0.15) is 4.98 Å². The van der Waals surface area contributed by atoms with Crippen LogP contribution in [-0.4, -0.2) is 19.5 Å². The summed E-state index contributed by atoms with van der Waals surface area (Å²) >= 11 is 12.1. The Morgan fingerprint density at radius 1 is 1.18 bits per heavy atom. The van der Waals surface area contributed by atoms with Crippen LogP contribution in [0.2, 0.25) is 10.0 Å². The van der Waals surface area contributed by atoms with E-state index in [1.54, 1.807) is 16.7 Å². The lowest BCUT2D eigenvalue weighted by molar-refractivity contribution is 0.530. The van der Waals surface area contributed by atoms with Crippen molar-refractivity contribution in [3.8, 4) is 11.5 Å². The van der Waals surface area contributed by atoms with Crippen LogP contribution >= 0.6 is 23.2 Å². The number of benzene rings is 1. The van der Waals surface area contributed by atoms with E-state index in [-0.39, 0.29) is 17.4 Å². The molecular formula is C14H12Cl2N4O2. The number of nitrogens with zero attached hydrogens (tertiary/aromatic N) is 3. The van der Waals surface area contributed by atoms with E-state index in [2.05, 4.69) is 15.0 Å². The molecule has 1 aromatic rings. The minimum Gasteiger partial charge on any atom is -0.322 e. The summed E-state index contributed by atoms with van der Waals surface area (Å²) in [6, 6.07) is 3.27. The SMILES string of the molecule is CC(C)Cn1c2nc(=O)[nH]c(=O)c-2nc2cc(Cl)c(Cl)cc21. The maximum Gasteiger partial charge on any atom is 0.349 e. The fourth-order valence-corrected chi connectivity index (χ4v) is 2.66. The minimum absolute atomic E-state index is 0.103. The summed E-state index contributed by atoms with van der Waals surface area (Å²) in [5, 5.41) is 0.724. The summed E-state index contributed by atoms with van der Waals surface area (Å²) in [6.45, 7) is 4.60. The van der Waals surface area contributed by atoms with Gasteiger partial charge in [-0.25, -0.2) is 9.78 Å². The van der Waals surface area contributed by atoms with Crippen molar-refractivity contribution in [1.29, 1.82) is 0 Å². The molecule has 114 valence electrons. The number of aromatic amines is 1. The van der Waals surface area contributed by atoms with E-state index in [4.69, 9.17) is 23.2 Å². The number of hydrogen-bond acceptors (Lipinski definition) is 4. The third-order valence-corrected chi connectivity index (χ3v) is 3.92. The van der Waals surface area contributed by atoms with Crippen LogP contribution in [0.5, 0.6) is 0 Å². The first kappa shape index (κ1) is 15.0. The molecule has 3 rings (SSSR count). The molecule has 2 aliphatic heterocycles. The van der Waals surface area contributed by atoms with Crippen molar-refractivity contribution in [2.24, 2.45) is 5.92 Å². The summed E-state index contributed by atoms with van der Waals surface area (Å²) in [5.74, 6) is 0.512. The Kier molecular flexibility index (Phi) is 3.66. The molecule has 1 N–H and O–H groups in total. The van der Waals surface area contributed by atoms with Gasteiger partial charge in [-0.05, 0) is 18.1 Å². The maximum atomic E-state index is 12.0. The molecule has 0 amide bonds. The van der Waals surface area contributed by atoms with Gasteiger partial charge in [0.1, 0.15) is 0 Å². The first-order valence-corrected chi connectivity index (χ1v) is 7.42. The van der Waals surface area contributed by atoms with Crippen LogP contribution in [0.25, 0.3) is 22.6 Å². The van der Waals surface area contributed by atoms with E-state index in [1.165, 1.54) is 0 Å². The molecule has 2 aliphatic rings. The topological polar surface area (TPSA) is 80.6 Å². The van der Waals surface area contributed by atoms with Gasteiger partial charge in [-0.1, -0.05) is 37.0 Å². The van der Waals surface area contributed by atoms with Crippen LogP contribution in [-0.2, 0) is 6.54 Å². The smallest absolute Gasteiger partial charge is 0.322 e. The fourth-order valence-electron chi connectivity index (χ4n) is 2.34. The summed E-state index contributed by atoms with van der Waals surface area (Å²) in [7, 11) is 0. The summed E-state index contributed by atoms with van der Waals surface area (Å²) in [4.78, 5) is 33.9. The lowest BCUT2D eigenvalue weighted by atomic mass is 10.2. The molecule has 0 aliphatic carbocycles. The van der Waals surface area contributed by atoms with Gasteiger partial charge in [0.15, 0.2) is 11.5 Å². The van der Waals surface area contributed by atoms with Gasteiger partial charge in [-0.3, -0.25) is 9.78 Å². The number of hydrogen-bond donors (Lipinski definition) is 1. The van der Waals surface area contributed by atoms with Crippen molar-refractivity contribution >= 4 is 34.2 Å². The standard InChI is InChI=1S/C14H12Cl2N4O2/c1-6(2)5-20-10-4-8(16)7(15)3-9(10)17-11-12(20)18-14(22)19-13(11)21/h3-4,6H,5H2,1-2H3,(H,19,21,22). The molecule has 0 radical (unpaired) electrons. The number of fused-ring (bicyclic) bond motifs is 2. The van der Waals surface area contributed by atoms with Crippen molar-refractivity contribution in [3.63, 3.8) is 0 Å². The van der Waals surface area contributed by atoms with E-state index in [0.717, 1.165) is 0 Å². The Balaban J connectivity index is 2.53. The van der Waals surface area contributed by atoms with Crippen molar-refractivity contribution in [2.75, 3.05) is 0 Å². The molecule has 22 heavy (non-hydrogen) atoms. The van der Waals surface area contributed by atoms with Gasteiger partial charge < -0.3 is 4.57 Å². The molecular weight excluding hydrogens is 327 g/mol. The maximum absolute atomic E-state index is 12.0. The Morgan fingerprint density at radius 3 is 2.55 bits per heavy atom. The van der Waals surface area contributed by atoms with Gasteiger partial charge in [0.25, 0.3) is 5.56 Å². The van der Waals surface area contributed by atoms with E-state index < -0.39 is 11.2 Å².